The third kappa shape index (κ3) is 4.34. The number of nitrogens with zero attached hydrogens (tertiary/aromatic N) is 2. The van der Waals surface area contributed by atoms with Crippen LogP contribution in [0.4, 0.5) is 5.69 Å². The van der Waals surface area contributed by atoms with Gasteiger partial charge in [0.05, 0.1) is 34.0 Å². The topological polar surface area (TPSA) is 114 Å². The molecule has 0 saturated heterocycles. The predicted octanol–water partition coefficient (Wildman–Crippen LogP) is 6.14. The molecule has 10 heteroatoms. The van der Waals surface area contributed by atoms with Crippen LogP contribution in [-0.2, 0) is 16.6 Å². The highest BCUT2D eigenvalue weighted by Crippen LogP contribution is 2.32. The van der Waals surface area contributed by atoms with Gasteiger partial charge in [0.15, 0.2) is 0 Å². The molecule has 2 heterocycles. The molecule has 0 atom stereocenters. The molecule has 5 aromatic rings. The van der Waals surface area contributed by atoms with Gasteiger partial charge in [-0.15, -0.1) is 0 Å². The summed E-state index contributed by atoms with van der Waals surface area (Å²) in [5.74, 6) is -0.505. The Morgan fingerprint density at radius 1 is 1.06 bits per heavy atom. The van der Waals surface area contributed by atoms with Crippen molar-refractivity contribution in [2.75, 3.05) is 4.31 Å². The van der Waals surface area contributed by atoms with Crippen molar-refractivity contribution >= 4 is 44.3 Å². The lowest BCUT2D eigenvalue weighted by atomic mass is 10.2. The molecule has 0 amide bonds. The average Bonchev–Trinajstić information content (AvgIpc) is 3.48. The van der Waals surface area contributed by atoms with Gasteiger partial charge in [-0.2, -0.15) is 0 Å². The maximum absolute atomic E-state index is 13.9. The molecule has 1 N–H and O–H groups in total. The second-order valence-corrected chi connectivity index (χ2v) is 10.3. The van der Waals surface area contributed by atoms with Gasteiger partial charge >= 0.3 is 5.97 Å². The van der Waals surface area contributed by atoms with E-state index in [9.17, 15) is 18.3 Å². The van der Waals surface area contributed by atoms with Gasteiger partial charge in [0.1, 0.15) is 17.0 Å². The number of benzene rings is 3. The fourth-order valence-electron chi connectivity index (χ4n) is 3.80. The Hall–Kier alpha value is -4.08. The number of anilines is 1. The van der Waals surface area contributed by atoms with Crippen LogP contribution in [0.5, 0.6) is 0 Å². The van der Waals surface area contributed by atoms with Crippen LogP contribution in [0.25, 0.3) is 22.4 Å². The van der Waals surface area contributed by atoms with Gasteiger partial charge in [0.2, 0.25) is 5.89 Å². The van der Waals surface area contributed by atoms with E-state index in [1.807, 2.05) is 30.3 Å². The molecule has 0 aliphatic rings. The van der Waals surface area contributed by atoms with Gasteiger partial charge in [-0.3, -0.25) is 4.31 Å². The van der Waals surface area contributed by atoms with Gasteiger partial charge < -0.3 is 13.9 Å². The van der Waals surface area contributed by atoms with E-state index in [-0.39, 0.29) is 22.0 Å². The van der Waals surface area contributed by atoms with E-state index in [0.29, 0.717) is 34.0 Å². The second kappa shape index (κ2) is 9.18. The molecule has 36 heavy (non-hydrogen) atoms. The normalized spacial score (nSPS) is 11.6. The van der Waals surface area contributed by atoms with Gasteiger partial charge in [-0.05, 0) is 61.5 Å². The van der Waals surface area contributed by atoms with Crippen molar-refractivity contribution < 1.29 is 27.2 Å². The van der Waals surface area contributed by atoms with Crippen LogP contribution in [0.2, 0.25) is 5.02 Å². The number of fused-ring (bicyclic) bond motifs is 1. The van der Waals surface area contributed by atoms with Crippen molar-refractivity contribution in [1.82, 2.24) is 4.98 Å². The van der Waals surface area contributed by atoms with Gasteiger partial charge in [0.25, 0.3) is 10.0 Å². The van der Waals surface area contributed by atoms with Crippen molar-refractivity contribution in [3.8, 4) is 11.5 Å². The van der Waals surface area contributed by atoms with Crippen molar-refractivity contribution in [2.45, 2.75) is 18.4 Å². The zero-order chi connectivity index (χ0) is 25.4. The number of aromatic carboxylic acids is 1. The van der Waals surface area contributed by atoms with Crippen LogP contribution < -0.4 is 4.31 Å². The number of carbonyl (C=O) groups is 1. The van der Waals surface area contributed by atoms with Crippen molar-refractivity contribution in [1.29, 1.82) is 0 Å². The van der Waals surface area contributed by atoms with Crippen LogP contribution >= 0.6 is 11.6 Å². The largest absolute Gasteiger partial charge is 0.478 e. The average molecular weight is 523 g/mol. The number of rotatable bonds is 7. The minimum Gasteiger partial charge on any atom is -0.478 e. The number of oxazole rings is 1. The maximum Gasteiger partial charge on any atom is 0.337 e. The standard InChI is InChI=1S/C26H19ClN2O6S/c1-16-23(28-25(35-16)17-5-3-2-4-6-17)15-29(19-7-10-24-18(13-19)11-12-34-24)36(32,33)20-8-9-22(27)21(14-20)26(30)31/h2-14H,15H2,1H3,(H,30,31). The maximum atomic E-state index is 13.9. The van der Waals surface area contributed by atoms with E-state index in [1.54, 1.807) is 31.2 Å². The second-order valence-electron chi connectivity index (χ2n) is 7.99. The number of sulfonamides is 1. The molecule has 0 saturated carbocycles. The highest BCUT2D eigenvalue weighted by molar-refractivity contribution is 7.92. The van der Waals surface area contributed by atoms with E-state index in [0.717, 1.165) is 15.9 Å². The van der Waals surface area contributed by atoms with Crippen molar-refractivity contribution in [3.05, 3.63) is 101 Å². The zero-order valence-electron chi connectivity index (χ0n) is 18.9. The van der Waals surface area contributed by atoms with Crippen molar-refractivity contribution in [2.24, 2.45) is 0 Å². The highest BCUT2D eigenvalue weighted by Gasteiger charge is 2.29. The van der Waals surface area contributed by atoms with Gasteiger partial charge in [0, 0.05) is 10.9 Å². The molecule has 0 spiro atoms. The summed E-state index contributed by atoms with van der Waals surface area (Å²) in [5.41, 5.74) is 1.80. The number of hydrogen-bond acceptors (Lipinski definition) is 6. The molecule has 0 aliphatic heterocycles. The molecule has 0 fully saturated rings. The molecule has 0 aliphatic carbocycles. The number of halogens is 1. The van der Waals surface area contributed by atoms with E-state index in [4.69, 9.17) is 20.4 Å². The first-order chi connectivity index (χ1) is 17.2. The first-order valence-corrected chi connectivity index (χ1v) is 12.6. The third-order valence-corrected chi connectivity index (χ3v) is 7.79. The highest BCUT2D eigenvalue weighted by atomic mass is 35.5. The number of carboxylic acids is 1. The minimum atomic E-state index is -4.25. The zero-order valence-corrected chi connectivity index (χ0v) is 20.5. The summed E-state index contributed by atoms with van der Waals surface area (Å²) < 4.78 is 40.2. The van der Waals surface area contributed by atoms with Crippen molar-refractivity contribution in [3.63, 3.8) is 0 Å². The van der Waals surface area contributed by atoms with E-state index < -0.39 is 16.0 Å². The molecule has 5 rings (SSSR count). The summed E-state index contributed by atoms with van der Waals surface area (Å²) in [6.45, 7) is 1.56. The fourth-order valence-corrected chi connectivity index (χ4v) is 5.44. The number of carboxylic acid groups (broad SMARTS) is 1. The fraction of sp³-hybridized carbons (Fsp3) is 0.0769. The molecule has 0 radical (unpaired) electrons. The summed E-state index contributed by atoms with van der Waals surface area (Å²) in [4.78, 5) is 15.9. The first-order valence-electron chi connectivity index (χ1n) is 10.8. The molecule has 0 bridgehead atoms. The van der Waals surface area contributed by atoms with E-state index in [1.165, 1.54) is 18.4 Å². The minimum absolute atomic E-state index is 0.0623. The molecular formula is C26H19ClN2O6S. The SMILES string of the molecule is Cc1oc(-c2ccccc2)nc1CN(c1ccc2occc2c1)S(=O)(=O)c1ccc(Cl)c(C(=O)O)c1. The van der Waals surface area contributed by atoms with Crippen LogP contribution in [0.1, 0.15) is 21.8 Å². The summed E-state index contributed by atoms with van der Waals surface area (Å²) in [6.07, 6.45) is 1.51. The summed E-state index contributed by atoms with van der Waals surface area (Å²) in [7, 11) is -4.25. The lowest BCUT2D eigenvalue weighted by Crippen LogP contribution is -2.31. The Labute approximate surface area is 211 Å². The lowest BCUT2D eigenvalue weighted by molar-refractivity contribution is 0.0697. The summed E-state index contributed by atoms with van der Waals surface area (Å²) in [6, 6.07) is 19.5. The quantitative estimate of drug-likeness (QED) is 0.273. The first kappa shape index (κ1) is 23.7. The van der Waals surface area contributed by atoms with E-state index in [2.05, 4.69) is 4.98 Å². The Balaban J connectivity index is 1.63. The number of aryl methyl sites for hydroxylation is 1. The lowest BCUT2D eigenvalue weighted by Gasteiger charge is -2.24. The van der Waals surface area contributed by atoms with Crippen LogP contribution in [0, 0.1) is 6.92 Å². The molecule has 3 aromatic carbocycles. The Morgan fingerprint density at radius 3 is 2.58 bits per heavy atom. The monoisotopic (exact) mass is 522 g/mol. The number of aromatic nitrogens is 1. The third-order valence-electron chi connectivity index (χ3n) is 5.69. The van der Waals surface area contributed by atoms with Crippen LogP contribution in [0.3, 0.4) is 0 Å². The van der Waals surface area contributed by atoms with Gasteiger partial charge in [-0.1, -0.05) is 29.8 Å². The number of furan rings is 1. The molecule has 8 nitrogen and oxygen atoms in total. The predicted molar refractivity (Wildman–Crippen MR) is 135 cm³/mol. The molecular weight excluding hydrogens is 504 g/mol. The van der Waals surface area contributed by atoms with Crippen LogP contribution in [0.15, 0.2) is 92.8 Å². The Morgan fingerprint density at radius 2 is 1.83 bits per heavy atom. The summed E-state index contributed by atoms with van der Waals surface area (Å²) >= 11 is 5.98. The Kier molecular flexibility index (Phi) is 6.03. The molecule has 2 aromatic heterocycles. The number of hydrogen-bond donors (Lipinski definition) is 1. The Bertz CT molecular complexity index is 1690. The smallest absolute Gasteiger partial charge is 0.337 e. The van der Waals surface area contributed by atoms with Gasteiger partial charge in [-0.25, -0.2) is 18.2 Å². The van der Waals surface area contributed by atoms with Crippen LogP contribution in [-0.4, -0.2) is 24.5 Å². The summed E-state index contributed by atoms with van der Waals surface area (Å²) in [5, 5.41) is 10.1. The molecule has 0 unspecified atom stereocenters. The van der Waals surface area contributed by atoms with E-state index >= 15 is 0 Å². The molecule has 182 valence electrons.